The van der Waals surface area contributed by atoms with Crippen LogP contribution in [0.4, 0.5) is 5.69 Å². The van der Waals surface area contributed by atoms with Crippen LogP contribution in [0.1, 0.15) is 12.8 Å². The van der Waals surface area contributed by atoms with Crippen molar-refractivity contribution in [2.45, 2.75) is 18.4 Å². The van der Waals surface area contributed by atoms with Gasteiger partial charge in [0.1, 0.15) is 0 Å². The molecule has 2 aliphatic rings. The van der Waals surface area contributed by atoms with Crippen LogP contribution in [0.25, 0.3) is 0 Å². The summed E-state index contributed by atoms with van der Waals surface area (Å²) in [6.07, 6.45) is -0.349. The van der Waals surface area contributed by atoms with E-state index in [1.165, 1.54) is 25.3 Å². The summed E-state index contributed by atoms with van der Waals surface area (Å²) >= 11 is 11.8. The maximum atomic E-state index is 12.7. The quantitative estimate of drug-likeness (QED) is 0.597. The summed E-state index contributed by atoms with van der Waals surface area (Å²) < 4.78 is 4.55. The Balaban J connectivity index is 1.89. The molecule has 2 aliphatic heterocycles. The Labute approximate surface area is 140 Å². The van der Waals surface area contributed by atoms with E-state index in [4.69, 9.17) is 28.0 Å². The molecule has 0 aromatic heterocycles. The van der Waals surface area contributed by atoms with Gasteiger partial charge in [-0.2, -0.15) is 0 Å². The van der Waals surface area contributed by atoms with E-state index in [2.05, 4.69) is 9.89 Å². The monoisotopic (exact) mass is 356 g/mol. The molecule has 0 N–H and O–H groups in total. The summed E-state index contributed by atoms with van der Waals surface area (Å²) in [5, 5.41) is 4.10. The first-order valence-electron chi connectivity index (χ1n) is 6.54. The van der Waals surface area contributed by atoms with E-state index in [1.54, 1.807) is 0 Å². The van der Waals surface area contributed by atoms with E-state index < -0.39 is 23.4 Å². The third kappa shape index (κ3) is 2.46. The number of oxime groups is 1. The van der Waals surface area contributed by atoms with Crippen LogP contribution in [0, 0.1) is 0 Å². The van der Waals surface area contributed by atoms with Gasteiger partial charge in [0.05, 0.1) is 35.7 Å². The Bertz CT molecular complexity index is 764. The molecule has 0 aliphatic carbocycles. The van der Waals surface area contributed by atoms with E-state index in [1.807, 2.05) is 0 Å². The molecule has 9 heteroatoms. The molecule has 0 radical (unpaired) electrons. The van der Waals surface area contributed by atoms with Gasteiger partial charge in [-0.1, -0.05) is 28.4 Å². The van der Waals surface area contributed by atoms with Crippen LogP contribution >= 0.6 is 23.2 Å². The van der Waals surface area contributed by atoms with Gasteiger partial charge in [-0.15, -0.1) is 0 Å². The Morgan fingerprint density at radius 2 is 2.04 bits per heavy atom. The predicted molar refractivity (Wildman–Crippen MR) is 81.5 cm³/mol. The normalized spacial score (nSPS) is 23.3. The number of amides is 2. The number of halogens is 2. The first kappa shape index (κ1) is 15.8. The van der Waals surface area contributed by atoms with E-state index in [9.17, 15) is 14.4 Å². The van der Waals surface area contributed by atoms with Crippen LogP contribution in [-0.2, 0) is 24.0 Å². The van der Waals surface area contributed by atoms with Gasteiger partial charge in [-0.05, 0) is 18.2 Å². The largest absolute Gasteiger partial charge is 0.464 e. The number of carbonyl (C=O) groups is 3. The van der Waals surface area contributed by atoms with E-state index in [0.717, 1.165) is 4.90 Å². The van der Waals surface area contributed by atoms with Crippen molar-refractivity contribution >= 4 is 52.4 Å². The number of benzene rings is 1. The minimum absolute atomic E-state index is 0.0374. The standard InChI is InChI=1S/C14H10Cl2N2O5/c1-22-12(20)10-5-14(23-17-10)6-11(19)18(13(14)21)7-2-3-8(15)9(16)4-7/h2-4H,5-6H2,1H3. The number of imide groups is 1. The highest BCUT2D eigenvalue weighted by atomic mass is 35.5. The molecule has 1 spiro atoms. The number of hydrogen-bond acceptors (Lipinski definition) is 6. The third-order valence-corrected chi connectivity index (χ3v) is 4.38. The van der Waals surface area contributed by atoms with Crippen molar-refractivity contribution in [3.63, 3.8) is 0 Å². The first-order chi connectivity index (χ1) is 10.9. The SMILES string of the molecule is COC(=O)C1=NOC2(CC(=O)N(c3ccc(Cl)c(Cl)c3)C2=O)C1. The highest BCUT2D eigenvalue weighted by molar-refractivity contribution is 6.42. The summed E-state index contributed by atoms with van der Waals surface area (Å²) in [6, 6.07) is 4.40. The van der Waals surface area contributed by atoms with Crippen molar-refractivity contribution in [3.8, 4) is 0 Å². The zero-order chi connectivity index (χ0) is 16.8. The second-order valence-corrected chi connectivity index (χ2v) is 5.92. The van der Waals surface area contributed by atoms with Crippen LogP contribution in [-0.4, -0.2) is 36.2 Å². The minimum atomic E-state index is -1.51. The zero-order valence-electron chi connectivity index (χ0n) is 11.8. The molecular formula is C14H10Cl2N2O5. The van der Waals surface area contributed by atoms with Gasteiger partial charge in [0.2, 0.25) is 11.5 Å². The molecular weight excluding hydrogens is 347 g/mol. The lowest BCUT2D eigenvalue weighted by atomic mass is 9.95. The fraction of sp³-hybridized carbons (Fsp3) is 0.286. The Hall–Kier alpha value is -2.12. The molecule has 3 rings (SSSR count). The topological polar surface area (TPSA) is 85.3 Å². The van der Waals surface area contributed by atoms with Gasteiger partial charge in [0.15, 0.2) is 5.71 Å². The average molecular weight is 357 g/mol. The molecule has 1 aromatic carbocycles. The molecule has 23 heavy (non-hydrogen) atoms. The van der Waals surface area contributed by atoms with Crippen LogP contribution in [0.3, 0.4) is 0 Å². The van der Waals surface area contributed by atoms with Gasteiger partial charge >= 0.3 is 5.97 Å². The van der Waals surface area contributed by atoms with Gasteiger partial charge in [-0.3, -0.25) is 9.59 Å². The summed E-state index contributed by atoms with van der Waals surface area (Å²) in [4.78, 5) is 42.5. The molecule has 0 bridgehead atoms. The number of ether oxygens (including phenoxy) is 1. The molecule has 7 nitrogen and oxygen atoms in total. The predicted octanol–water partition coefficient (Wildman–Crippen LogP) is 1.94. The lowest BCUT2D eigenvalue weighted by Gasteiger charge is -2.19. The van der Waals surface area contributed by atoms with Crippen molar-refractivity contribution in [2.24, 2.45) is 5.16 Å². The molecule has 1 fully saturated rings. The second-order valence-electron chi connectivity index (χ2n) is 5.10. The van der Waals surface area contributed by atoms with Crippen molar-refractivity contribution in [3.05, 3.63) is 28.2 Å². The fourth-order valence-corrected chi connectivity index (χ4v) is 2.81. The van der Waals surface area contributed by atoms with Gasteiger partial charge in [0.25, 0.3) is 5.91 Å². The molecule has 120 valence electrons. The van der Waals surface area contributed by atoms with Gasteiger partial charge in [0, 0.05) is 0 Å². The third-order valence-electron chi connectivity index (χ3n) is 3.65. The summed E-state index contributed by atoms with van der Waals surface area (Å²) in [7, 11) is 1.19. The van der Waals surface area contributed by atoms with Crippen molar-refractivity contribution < 1.29 is 24.0 Å². The maximum absolute atomic E-state index is 12.7. The molecule has 1 unspecified atom stereocenters. The van der Waals surface area contributed by atoms with Crippen LogP contribution in [0.15, 0.2) is 23.4 Å². The highest BCUT2D eigenvalue weighted by Crippen LogP contribution is 2.39. The number of rotatable bonds is 2. The van der Waals surface area contributed by atoms with Crippen LogP contribution in [0.2, 0.25) is 10.0 Å². The molecule has 1 atom stereocenters. The average Bonchev–Trinajstić information content (AvgIpc) is 3.04. The lowest BCUT2D eigenvalue weighted by molar-refractivity contribution is -0.136. The molecule has 1 saturated heterocycles. The Kier molecular flexibility index (Phi) is 3.77. The first-order valence-corrected chi connectivity index (χ1v) is 7.29. The highest BCUT2D eigenvalue weighted by Gasteiger charge is 2.58. The smallest absolute Gasteiger partial charge is 0.356 e. The fourth-order valence-electron chi connectivity index (χ4n) is 2.52. The number of esters is 1. The number of carbonyl (C=O) groups excluding carboxylic acids is 3. The number of anilines is 1. The van der Waals surface area contributed by atoms with Crippen molar-refractivity contribution in [1.82, 2.24) is 0 Å². The van der Waals surface area contributed by atoms with Crippen molar-refractivity contribution in [1.29, 1.82) is 0 Å². The van der Waals surface area contributed by atoms with E-state index >= 15 is 0 Å². The van der Waals surface area contributed by atoms with Gasteiger partial charge < -0.3 is 9.57 Å². The second kappa shape index (κ2) is 5.50. The number of methoxy groups -OCH3 is 1. The molecule has 0 saturated carbocycles. The van der Waals surface area contributed by atoms with Crippen LogP contribution < -0.4 is 4.90 Å². The van der Waals surface area contributed by atoms with E-state index in [0.29, 0.717) is 5.02 Å². The minimum Gasteiger partial charge on any atom is -0.464 e. The number of hydrogen-bond donors (Lipinski definition) is 0. The van der Waals surface area contributed by atoms with Gasteiger partial charge in [-0.25, -0.2) is 9.69 Å². The summed E-state index contributed by atoms with van der Waals surface area (Å²) in [6.45, 7) is 0. The lowest BCUT2D eigenvalue weighted by Crippen LogP contribution is -2.41. The molecule has 1 aromatic rings. The Morgan fingerprint density at radius 3 is 2.70 bits per heavy atom. The van der Waals surface area contributed by atoms with E-state index in [-0.39, 0.29) is 29.3 Å². The van der Waals surface area contributed by atoms with Crippen LogP contribution in [0.5, 0.6) is 0 Å². The summed E-state index contributed by atoms with van der Waals surface area (Å²) in [5.41, 5.74) is -1.27. The molecule has 2 heterocycles. The Morgan fingerprint density at radius 1 is 1.30 bits per heavy atom. The number of nitrogens with zero attached hydrogens (tertiary/aromatic N) is 2. The zero-order valence-corrected chi connectivity index (χ0v) is 13.3. The molecule has 2 amide bonds. The summed E-state index contributed by atoms with van der Waals surface area (Å²) in [5.74, 6) is -1.78. The maximum Gasteiger partial charge on any atom is 0.356 e. The van der Waals surface area contributed by atoms with Crippen molar-refractivity contribution in [2.75, 3.05) is 12.0 Å².